The van der Waals surface area contributed by atoms with E-state index in [0.29, 0.717) is 6.61 Å². The SMILES string of the molecule is CC1OCCC1(N)N. The topological polar surface area (TPSA) is 61.3 Å². The summed E-state index contributed by atoms with van der Waals surface area (Å²) in [6, 6.07) is 0. The average Bonchev–Trinajstić information content (AvgIpc) is 1.86. The van der Waals surface area contributed by atoms with E-state index < -0.39 is 5.66 Å². The second-order valence-corrected chi connectivity index (χ2v) is 2.38. The molecule has 0 amide bonds. The van der Waals surface area contributed by atoms with Gasteiger partial charge in [-0.25, -0.2) is 0 Å². The Bertz CT molecular complexity index is 92.4. The molecule has 4 N–H and O–H groups in total. The lowest BCUT2D eigenvalue weighted by molar-refractivity contribution is 0.0972. The average molecular weight is 116 g/mol. The van der Waals surface area contributed by atoms with Crippen LogP contribution in [0.2, 0.25) is 0 Å². The maximum atomic E-state index is 5.57. The Hall–Kier alpha value is -0.120. The van der Waals surface area contributed by atoms with E-state index in [4.69, 9.17) is 16.2 Å². The van der Waals surface area contributed by atoms with Crippen molar-refractivity contribution in [3.05, 3.63) is 0 Å². The molecule has 1 atom stereocenters. The van der Waals surface area contributed by atoms with Crippen molar-refractivity contribution in [3.8, 4) is 0 Å². The van der Waals surface area contributed by atoms with Gasteiger partial charge in [-0.15, -0.1) is 0 Å². The predicted octanol–water partition coefficient (Wildman–Crippen LogP) is -0.591. The molecule has 0 aromatic heterocycles. The van der Waals surface area contributed by atoms with Crippen LogP contribution in [0, 0.1) is 0 Å². The van der Waals surface area contributed by atoms with E-state index in [2.05, 4.69) is 0 Å². The quantitative estimate of drug-likeness (QED) is 0.416. The van der Waals surface area contributed by atoms with E-state index in [1.54, 1.807) is 0 Å². The van der Waals surface area contributed by atoms with Crippen LogP contribution in [-0.4, -0.2) is 18.4 Å². The van der Waals surface area contributed by atoms with Gasteiger partial charge in [-0.3, -0.25) is 0 Å². The summed E-state index contributed by atoms with van der Waals surface area (Å²) >= 11 is 0. The first kappa shape index (κ1) is 6.01. The molecule has 1 heterocycles. The molecule has 1 aliphatic heterocycles. The second kappa shape index (κ2) is 1.69. The lowest BCUT2D eigenvalue weighted by Gasteiger charge is -2.20. The molecule has 0 aromatic carbocycles. The maximum Gasteiger partial charge on any atom is 0.0925 e. The van der Waals surface area contributed by atoms with Gasteiger partial charge in [-0.2, -0.15) is 0 Å². The highest BCUT2D eigenvalue weighted by Crippen LogP contribution is 2.16. The lowest BCUT2D eigenvalue weighted by Crippen LogP contribution is -2.54. The molecule has 0 saturated carbocycles. The summed E-state index contributed by atoms with van der Waals surface area (Å²) in [5, 5.41) is 0. The Morgan fingerprint density at radius 1 is 1.62 bits per heavy atom. The molecule has 0 bridgehead atoms. The molecule has 0 spiro atoms. The Labute approximate surface area is 49.0 Å². The molecule has 8 heavy (non-hydrogen) atoms. The van der Waals surface area contributed by atoms with Gasteiger partial charge in [-0.1, -0.05) is 0 Å². The molecule has 48 valence electrons. The van der Waals surface area contributed by atoms with E-state index in [9.17, 15) is 0 Å². The summed E-state index contributed by atoms with van der Waals surface area (Å²) in [7, 11) is 0. The van der Waals surface area contributed by atoms with Crippen molar-refractivity contribution in [3.63, 3.8) is 0 Å². The van der Waals surface area contributed by atoms with Gasteiger partial charge in [0.25, 0.3) is 0 Å². The Balaban J connectivity index is 2.54. The highest BCUT2D eigenvalue weighted by Gasteiger charge is 2.33. The highest BCUT2D eigenvalue weighted by molar-refractivity contribution is 4.87. The van der Waals surface area contributed by atoms with Crippen molar-refractivity contribution in [2.75, 3.05) is 6.61 Å². The molecular weight excluding hydrogens is 104 g/mol. The van der Waals surface area contributed by atoms with Crippen molar-refractivity contribution in [1.29, 1.82) is 0 Å². The summed E-state index contributed by atoms with van der Waals surface area (Å²) in [6.45, 7) is 2.60. The Morgan fingerprint density at radius 3 is 2.38 bits per heavy atom. The minimum Gasteiger partial charge on any atom is -0.375 e. The molecule has 3 nitrogen and oxygen atoms in total. The van der Waals surface area contributed by atoms with Gasteiger partial charge in [0.05, 0.1) is 18.4 Å². The first-order valence-electron chi connectivity index (χ1n) is 2.82. The summed E-state index contributed by atoms with van der Waals surface area (Å²) in [5.74, 6) is 0. The van der Waals surface area contributed by atoms with Crippen LogP contribution < -0.4 is 11.5 Å². The summed E-state index contributed by atoms with van der Waals surface area (Å²) < 4.78 is 5.12. The normalized spacial score (nSPS) is 35.6. The van der Waals surface area contributed by atoms with Crippen LogP contribution in [0.5, 0.6) is 0 Å². The summed E-state index contributed by atoms with van der Waals surface area (Å²) in [6.07, 6.45) is 0.788. The minimum absolute atomic E-state index is 0.0162. The molecule has 0 aromatic rings. The van der Waals surface area contributed by atoms with E-state index in [-0.39, 0.29) is 6.10 Å². The Morgan fingerprint density at radius 2 is 2.25 bits per heavy atom. The zero-order chi connectivity index (χ0) is 6.20. The van der Waals surface area contributed by atoms with Crippen molar-refractivity contribution < 1.29 is 4.74 Å². The van der Waals surface area contributed by atoms with E-state index in [1.807, 2.05) is 6.92 Å². The second-order valence-electron chi connectivity index (χ2n) is 2.38. The van der Waals surface area contributed by atoms with Gasteiger partial charge >= 0.3 is 0 Å². The van der Waals surface area contributed by atoms with Crippen molar-refractivity contribution in [1.82, 2.24) is 0 Å². The Kier molecular flexibility index (Phi) is 1.27. The van der Waals surface area contributed by atoms with Crippen molar-refractivity contribution in [2.24, 2.45) is 11.5 Å². The fourth-order valence-corrected chi connectivity index (χ4v) is 0.771. The molecule has 1 aliphatic rings. The summed E-state index contributed by atoms with van der Waals surface area (Å²) in [4.78, 5) is 0. The van der Waals surface area contributed by atoms with Crippen LogP contribution in [0.3, 0.4) is 0 Å². The number of nitrogens with two attached hydrogens (primary N) is 2. The molecule has 1 saturated heterocycles. The number of rotatable bonds is 0. The number of hydrogen-bond acceptors (Lipinski definition) is 3. The van der Waals surface area contributed by atoms with E-state index >= 15 is 0 Å². The first-order valence-corrected chi connectivity index (χ1v) is 2.82. The standard InChI is InChI=1S/C5H12N2O/c1-4-5(6,7)2-3-8-4/h4H,2-3,6-7H2,1H3. The third kappa shape index (κ3) is 0.844. The van der Waals surface area contributed by atoms with Crippen LogP contribution in [-0.2, 0) is 4.74 Å². The smallest absolute Gasteiger partial charge is 0.0925 e. The molecule has 3 heteroatoms. The molecule has 1 rings (SSSR count). The molecular formula is C5H12N2O. The van der Waals surface area contributed by atoms with Crippen LogP contribution in [0.15, 0.2) is 0 Å². The first-order chi connectivity index (χ1) is 3.63. The van der Waals surface area contributed by atoms with Crippen LogP contribution >= 0.6 is 0 Å². The van der Waals surface area contributed by atoms with Crippen molar-refractivity contribution in [2.45, 2.75) is 25.1 Å². The molecule has 1 fully saturated rings. The molecule has 0 aliphatic carbocycles. The highest BCUT2D eigenvalue weighted by atomic mass is 16.5. The van der Waals surface area contributed by atoms with Crippen molar-refractivity contribution >= 4 is 0 Å². The van der Waals surface area contributed by atoms with Crippen LogP contribution in [0.4, 0.5) is 0 Å². The van der Waals surface area contributed by atoms with Gasteiger partial charge in [0.2, 0.25) is 0 Å². The number of ether oxygens (including phenoxy) is 1. The van der Waals surface area contributed by atoms with Crippen LogP contribution in [0.1, 0.15) is 13.3 Å². The summed E-state index contributed by atoms with van der Waals surface area (Å²) in [5.41, 5.74) is 10.6. The van der Waals surface area contributed by atoms with Gasteiger partial charge in [0.15, 0.2) is 0 Å². The third-order valence-corrected chi connectivity index (χ3v) is 1.66. The van der Waals surface area contributed by atoms with E-state index in [1.165, 1.54) is 0 Å². The monoisotopic (exact) mass is 116 g/mol. The third-order valence-electron chi connectivity index (χ3n) is 1.66. The molecule has 0 radical (unpaired) electrons. The minimum atomic E-state index is -0.569. The maximum absolute atomic E-state index is 5.57. The predicted molar refractivity (Wildman–Crippen MR) is 31.1 cm³/mol. The van der Waals surface area contributed by atoms with Gasteiger partial charge in [0, 0.05) is 6.42 Å². The zero-order valence-electron chi connectivity index (χ0n) is 5.05. The van der Waals surface area contributed by atoms with Gasteiger partial charge in [-0.05, 0) is 6.92 Å². The zero-order valence-corrected chi connectivity index (χ0v) is 5.05. The largest absolute Gasteiger partial charge is 0.375 e. The van der Waals surface area contributed by atoms with E-state index in [0.717, 1.165) is 6.42 Å². The van der Waals surface area contributed by atoms with Gasteiger partial charge < -0.3 is 16.2 Å². The number of hydrogen-bond donors (Lipinski definition) is 2. The van der Waals surface area contributed by atoms with Gasteiger partial charge in [0.1, 0.15) is 0 Å². The molecule has 1 unspecified atom stereocenters. The lowest BCUT2D eigenvalue weighted by atomic mass is 10.1. The fourth-order valence-electron chi connectivity index (χ4n) is 0.771. The fraction of sp³-hybridized carbons (Fsp3) is 1.00. The van der Waals surface area contributed by atoms with Crippen LogP contribution in [0.25, 0.3) is 0 Å².